The van der Waals surface area contributed by atoms with Crippen molar-refractivity contribution in [1.29, 1.82) is 0 Å². The lowest BCUT2D eigenvalue weighted by Gasteiger charge is -2.23. The predicted molar refractivity (Wildman–Crippen MR) is 108 cm³/mol. The van der Waals surface area contributed by atoms with Crippen LogP contribution in [0.4, 0.5) is 11.4 Å². The number of benzene rings is 1. The van der Waals surface area contributed by atoms with Gasteiger partial charge in [0.1, 0.15) is 5.69 Å². The molecule has 27 heavy (non-hydrogen) atoms. The van der Waals surface area contributed by atoms with Gasteiger partial charge in [-0.25, -0.2) is 0 Å². The first-order chi connectivity index (χ1) is 12.9. The van der Waals surface area contributed by atoms with Gasteiger partial charge < -0.3 is 10.6 Å². The molecule has 0 bridgehead atoms. The maximum Gasteiger partial charge on any atom is 0.270 e. The molecule has 0 radical (unpaired) electrons. The van der Waals surface area contributed by atoms with E-state index in [1.807, 2.05) is 36.4 Å². The van der Waals surface area contributed by atoms with E-state index < -0.39 is 0 Å². The highest BCUT2D eigenvalue weighted by molar-refractivity contribution is 5.93. The zero-order valence-corrected chi connectivity index (χ0v) is 15.9. The molecule has 1 amide bonds. The van der Waals surface area contributed by atoms with Crippen LogP contribution in [0.5, 0.6) is 0 Å². The number of hydrogen-bond donors (Lipinski definition) is 2. The molecule has 0 saturated carbocycles. The molecule has 0 aliphatic rings. The Morgan fingerprint density at radius 3 is 2.48 bits per heavy atom. The van der Waals surface area contributed by atoms with Gasteiger partial charge in [0.05, 0.1) is 0 Å². The van der Waals surface area contributed by atoms with Crippen LogP contribution in [0.1, 0.15) is 42.4 Å². The van der Waals surface area contributed by atoms with E-state index in [4.69, 9.17) is 0 Å². The minimum absolute atomic E-state index is 0.0152. The van der Waals surface area contributed by atoms with Crippen molar-refractivity contribution in [3.8, 4) is 0 Å². The molecule has 0 fully saturated rings. The van der Waals surface area contributed by atoms with Crippen molar-refractivity contribution in [2.45, 2.75) is 32.7 Å². The van der Waals surface area contributed by atoms with Crippen molar-refractivity contribution in [2.75, 3.05) is 5.32 Å². The fourth-order valence-electron chi connectivity index (χ4n) is 2.81. The lowest BCUT2D eigenvalue weighted by Crippen LogP contribution is -2.23. The third-order valence-corrected chi connectivity index (χ3v) is 4.21. The van der Waals surface area contributed by atoms with Crippen LogP contribution in [0, 0.1) is 0 Å². The summed E-state index contributed by atoms with van der Waals surface area (Å²) >= 11 is 0. The number of anilines is 2. The third kappa shape index (κ3) is 4.91. The highest BCUT2D eigenvalue weighted by atomic mass is 16.1. The lowest BCUT2D eigenvalue weighted by atomic mass is 9.86. The fraction of sp³-hybridized carbons (Fsp3) is 0.227. The van der Waals surface area contributed by atoms with Crippen molar-refractivity contribution in [3.63, 3.8) is 0 Å². The second kappa shape index (κ2) is 7.99. The molecule has 0 atom stereocenters. The normalized spacial score (nSPS) is 11.1. The number of nitrogens with zero attached hydrogens (tertiary/aromatic N) is 2. The smallest absolute Gasteiger partial charge is 0.270 e. The Morgan fingerprint density at radius 1 is 1.00 bits per heavy atom. The summed E-state index contributed by atoms with van der Waals surface area (Å²) in [6, 6.07) is 15.6. The third-order valence-electron chi connectivity index (χ3n) is 4.21. The Balaban J connectivity index is 1.74. The monoisotopic (exact) mass is 360 g/mol. The Kier molecular flexibility index (Phi) is 5.50. The molecule has 5 heteroatoms. The minimum atomic E-state index is -0.209. The molecule has 5 nitrogen and oxygen atoms in total. The van der Waals surface area contributed by atoms with Gasteiger partial charge in [0, 0.05) is 36.5 Å². The van der Waals surface area contributed by atoms with Crippen molar-refractivity contribution >= 4 is 17.3 Å². The highest BCUT2D eigenvalue weighted by Crippen LogP contribution is 2.31. The summed E-state index contributed by atoms with van der Waals surface area (Å²) in [5.74, 6) is -0.209. The topological polar surface area (TPSA) is 66.9 Å². The van der Waals surface area contributed by atoms with Gasteiger partial charge in [-0.15, -0.1) is 0 Å². The van der Waals surface area contributed by atoms with Gasteiger partial charge in [0.15, 0.2) is 0 Å². The molecule has 2 N–H and O–H groups in total. The van der Waals surface area contributed by atoms with Crippen molar-refractivity contribution in [2.24, 2.45) is 0 Å². The molecular weight excluding hydrogens is 336 g/mol. The second-order valence-electron chi connectivity index (χ2n) is 7.39. The fourth-order valence-corrected chi connectivity index (χ4v) is 2.81. The number of pyridine rings is 2. The number of para-hydroxylation sites is 1. The zero-order valence-electron chi connectivity index (χ0n) is 15.9. The largest absolute Gasteiger partial charge is 0.355 e. The summed E-state index contributed by atoms with van der Waals surface area (Å²) in [6.07, 6.45) is 5.05. The molecule has 3 rings (SSSR count). The van der Waals surface area contributed by atoms with Gasteiger partial charge in [-0.3, -0.25) is 14.8 Å². The van der Waals surface area contributed by atoms with Crippen LogP contribution >= 0.6 is 0 Å². The van der Waals surface area contributed by atoms with Gasteiger partial charge in [0.2, 0.25) is 0 Å². The molecule has 0 aliphatic heterocycles. The molecule has 0 saturated heterocycles. The Morgan fingerprint density at radius 2 is 1.74 bits per heavy atom. The zero-order chi connectivity index (χ0) is 19.3. The maximum absolute atomic E-state index is 12.4. The molecule has 2 heterocycles. The van der Waals surface area contributed by atoms with Crippen LogP contribution in [0.2, 0.25) is 0 Å². The number of nitrogens with one attached hydrogen (secondary N) is 2. The Hall–Kier alpha value is -3.21. The first-order valence-electron chi connectivity index (χ1n) is 8.93. The number of carbonyl (C=O) groups is 1. The average Bonchev–Trinajstić information content (AvgIpc) is 2.67. The van der Waals surface area contributed by atoms with E-state index >= 15 is 0 Å². The predicted octanol–water partition coefficient (Wildman–Crippen LogP) is 4.45. The van der Waals surface area contributed by atoms with Crippen molar-refractivity contribution in [3.05, 3.63) is 83.9 Å². The molecule has 3 aromatic rings. The molecule has 0 unspecified atom stereocenters. The highest BCUT2D eigenvalue weighted by Gasteiger charge is 2.17. The summed E-state index contributed by atoms with van der Waals surface area (Å²) in [5.41, 5.74) is 4.45. The molecular formula is C22H24N4O. The van der Waals surface area contributed by atoms with Gasteiger partial charge in [-0.2, -0.15) is 0 Å². The van der Waals surface area contributed by atoms with E-state index in [2.05, 4.69) is 47.4 Å². The van der Waals surface area contributed by atoms with Crippen LogP contribution in [-0.2, 0) is 12.0 Å². The summed E-state index contributed by atoms with van der Waals surface area (Å²) in [5, 5.41) is 6.30. The van der Waals surface area contributed by atoms with E-state index in [0.717, 1.165) is 16.9 Å². The summed E-state index contributed by atoms with van der Waals surface area (Å²) in [6.45, 7) is 6.97. The van der Waals surface area contributed by atoms with E-state index in [0.29, 0.717) is 12.2 Å². The molecule has 138 valence electrons. The van der Waals surface area contributed by atoms with E-state index in [1.165, 1.54) is 5.56 Å². The molecule has 1 aromatic carbocycles. The van der Waals surface area contributed by atoms with Gasteiger partial charge in [-0.05, 0) is 46.9 Å². The van der Waals surface area contributed by atoms with Gasteiger partial charge >= 0.3 is 0 Å². The molecule has 0 aliphatic carbocycles. The van der Waals surface area contributed by atoms with Crippen molar-refractivity contribution < 1.29 is 4.79 Å². The van der Waals surface area contributed by atoms with E-state index in [9.17, 15) is 4.79 Å². The van der Waals surface area contributed by atoms with Crippen molar-refractivity contribution in [1.82, 2.24) is 15.3 Å². The summed E-state index contributed by atoms with van der Waals surface area (Å²) < 4.78 is 0. The summed E-state index contributed by atoms with van der Waals surface area (Å²) in [7, 11) is 0. The number of aromatic nitrogens is 2. The number of amides is 1. The number of rotatable bonds is 5. The summed E-state index contributed by atoms with van der Waals surface area (Å²) in [4.78, 5) is 20.6. The van der Waals surface area contributed by atoms with Crippen LogP contribution < -0.4 is 10.6 Å². The lowest BCUT2D eigenvalue weighted by molar-refractivity contribution is 0.0946. The Labute approximate surface area is 159 Å². The minimum Gasteiger partial charge on any atom is -0.355 e. The maximum atomic E-state index is 12.4. The quantitative estimate of drug-likeness (QED) is 0.705. The molecule has 2 aromatic heterocycles. The van der Waals surface area contributed by atoms with Crippen LogP contribution in [0.15, 0.2) is 67.1 Å². The average molecular weight is 360 g/mol. The second-order valence-corrected chi connectivity index (χ2v) is 7.39. The first-order valence-corrected chi connectivity index (χ1v) is 8.93. The van der Waals surface area contributed by atoms with Crippen LogP contribution in [0.3, 0.4) is 0 Å². The van der Waals surface area contributed by atoms with E-state index in [-0.39, 0.29) is 11.3 Å². The SMILES string of the molecule is CC(C)(C)c1ccccc1Nc1ccnc(C(=O)NCc2ccncc2)c1. The number of carbonyl (C=O) groups excluding carboxylic acids is 1. The number of hydrogen-bond acceptors (Lipinski definition) is 4. The van der Waals surface area contributed by atoms with Crippen LogP contribution in [-0.4, -0.2) is 15.9 Å². The van der Waals surface area contributed by atoms with Crippen LogP contribution in [0.25, 0.3) is 0 Å². The van der Waals surface area contributed by atoms with Gasteiger partial charge in [0.25, 0.3) is 5.91 Å². The first kappa shape index (κ1) is 18.6. The standard InChI is InChI=1S/C22H24N4O/c1-22(2,3)18-6-4-5-7-19(18)26-17-10-13-24-20(14-17)21(27)25-15-16-8-11-23-12-9-16/h4-14H,15H2,1-3H3,(H,24,26)(H,25,27). The van der Waals surface area contributed by atoms with E-state index in [1.54, 1.807) is 24.7 Å². The molecule has 0 spiro atoms. The Bertz CT molecular complexity index is 917. The van der Waals surface area contributed by atoms with Gasteiger partial charge in [-0.1, -0.05) is 39.0 Å².